The van der Waals surface area contributed by atoms with E-state index in [9.17, 15) is 9.18 Å². The maximum absolute atomic E-state index is 15.2. The van der Waals surface area contributed by atoms with Crippen molar-refractivity contribution >= 4 is 11.7 Å². The highest BCUT2D eigenvalue weighted by atomic mass is 19.1. The number of carbonyl (C=O) groups excluding carboxylic acids is 1. The molecular weight excluding hydrogens is 504 g/mol. The van der Waals surface area contributed by atoms with E-state index in [0.29, 0.717) is 43.6 Å². The van der Waals surface area contributed by atoms with Crippen LogP contribution in [0.4, 0.5) is 14.6 Å². The smallest absolute Gasteiger partial charge is 0.231 e. The van der Waals surface area contributed by atoms with E-state index in [1.807, 2.05) is 30.9 Å². The van der Waals surface area contributed by atoms with Crippen LogP contribution >= 0.6 is 0 Å². The molecule has 0 saturated carbocycles. The van der Waals surface area contributed by atoms with Crippen molar-refractivity contribution in [3.63, 3.8) is 0 Å². The minimum Gasteiger partial charge on any atom is -0.494 e. The Balaban J connectivity index is 1.73. The Kier molecular flexibility index (Phi) is 8.64. The molecule has 1 aromatic heterocycles. The molecule has 10 heteroatoms. The first-order chi connectivity index (χ1) is 18.6. The van der Waals surface area contributed by atoms with Gasteiger partial charge in [0.2, 0.25) is 5.91 Å². The number of benzene rings is 2. The summed E-state index contributed by atoms with van der Waals surface area (Å²) in [5.41, 5.74) is 8.80. The molecule has 0 unspecified atom stereocenters. The second-order valence-electron chi connectivity index (χ2n) is 10.1. The van der Waals surface area contributed by atoms with Crippen molar-refractivity contribution in [2.45, 2.75) is 40.2 Å². The molecule has 4 rings (SSSR count). The van der Waals surface area contributed by atoms with Crippen LogP contribution in [-0.4, -0.2) is 60.6 Å². The zero-order valence-corrected chi connectivity index (χ0v) is 23.1. The monoisotopic (exact) mass is 539 g/mol. The first-order valence-corrected chi connectivity index (χ1v) is 13.0. The SMILES string of the molecule is COc1cc(F)cc(-c2nc(C)c(COc3cc(C(C)C)ccc3C)c(N3CCN(CC(N)=O)CC3)n2)c1F. The van der Waals surface area contributed by atoms with Gasteiger partial charge in [0, 0.05) is 32.2 Å². The first-order valence-electron chi connectivity index (χ1n) is 13.0. The summed E-state index contributed by atoms with van der Waals surface area (Å²) in [5, 5.41) is 0. The fourth-order valence-corrected chi connectivity index (χ4v) is 4.63. The Hall–Kier alpha value is -3.79. The van der Waals surface area contributed by atoms with Crippen LogP contribution < -0.4 is 20.1 Å². The Morgan fingerprint density at radius 3 is 2.41 bits per heavy atom. The van der Waals surface area contributed by atoms with Crippen LogP contribution in [0, 0.1) is 25.5 Å². The molecule has 0 radical (unpaired) electrons. The summed E-state index contributed by atoms with van der Waals surface area (Å²) >= 11 is 0. The van der Waals surface area contributed by atoms with E-state index in [-0.39, 0.29) is 36.2 Å². The zero-order chi connectivity index (χ0) is 28.3. The maximum Gasteiger partial charge on any atom is 0.231 e. The third kappa shape index (κ3) is 6.44. The zero-order valence-electron chi connectivity index (χ0n) is 23.1. The highest BCUT2D eigenvalue weighted by molar-refractivity contribution is 5.76. The second kappa shape index (κ2) is 11.9. The Labute approximate surface area is 227 Å². The lowest BCUT2D eigenvalue weighted by atomic mass is 10.0. The van der Waals surface area contributed by atoms with Crippen LogP contribution in [0.3, 0.4) is 0 Å². The average Bonchev–Trinajstić information content (AvgIpc) is 2.89. The number of nitrogens with zero attached hydrogens (tertiary/aromatic N) is 4. The summed E-state index contributed by atoms with van der Waals surface area (Å²) in [6.45, 7) is 10.7. The number of ether oxygens (including phenoxy) is 2. The largest absolute Gasteiger partial charge is 0.494 e. The van der Waals surface area contributed by atoms with Crippen LogP contribution in [-0.2, 0) is 11.4 Å². The fourth-order valence-electron chi connectivity index (χ4n) is 4.63. The molecule has 1 amide bonds. The molecule has 0 aliphatic carbocycles. The van der Waals surface area contributed by atoms with E-state index >= 15 is 4.39 Å². The van der Waals surface area contributed by atoms with Crippen molar-refractivity contribution in [1.82, 2.24) is 14.9 Å². The number of amides is 1. The van der Waals surface area contributed by atoms with E-state index < -0.39 is 11.6 Å². The number of piperazine rings is 1. The molecule has 2 N–H and O–H groups in total. The van der Waals surface area contributed by atoms with Gasteiger partial charge in [0.05, 0.1) is 30.5 Å². The van der Waals surface area contributed by atoms with Crippen LogP contribution in [0.25, 0.3) is 11.4 Å². The van der Waals surface area contributed by atoms with Crippen molar-refractivity contribution in [2.24, 2.45) is 5.73 Å². The first kappa shape index (κ1) is 28.2. The van der Waals surface area contributed by atoms with Crippen LogP contribution in [0.5, 0.6) is 11.5 Å². The topological polar surface area (TPSA) is 93.8 Å². The lowest BCUT2D eigenvalue weighted by molar-refractivity contribution is -0.119. The summed E-state index contributed by atoms with van der Waals surface area (Å²) in [5.74, 6) is -0.242. The number of hydrogen-bond donors (Lipinski definition) is 1. The van der Waals surface area contributed by atoms with Crippen LogP contribution in [0.2, 0.25) is 0 Å². The summed E-state index contributed by atoms with van der Waals surface area (Å²) in [6, 6.07) is 8.23. The molecule has 1 saturated heterocycles. The number of nitrogens with two attached hydrogens (primary N) is 1. The lowest BCUT2D eigenvalue weighted by Gasteiger charge is -2.36. The number of methoxy groups -OCH3 is 1. The van der Waals surface area contributed by atoms with Crippen molar-refractivity contribution in [2.75, 3.05) is 44.7 Å². The lowest BCUT2D eigenvalue weighted by Crippen LogP contribution is -2.49. The van der Waals surface area contributed by atoms with Crippen molar-refractivity contribution in [3.05, 3.63) is 64.4 Å². The molecule has 39 heavy (non-hydrogen) atoms. The van der Waals surface area contributed by atoms with E-state index in [1.54, 1.807) is 0 Å². The second-order valence-corrected chi connectivity index (χ2v) is 10.1. The van der Waals surface area contributed by atoms with Gasteiger partial charge in [-0.3, -0.25) is 9.69 Å². The number of primary amides is 1. The molecule has 208 valence electrons. The highest BCUT2D eigenvalue weighted by Crippen LogP contribution is 2.33. The molecule has 1 aliphatic heterocycles. The Morgan fingerprint density at radius 2 is 1.77 bits per heavy atom. The van der Waals surface area contributed by atoms with E-state index in [0.717, 1.165) is 29.0 Å². The molecule has 1 fully saturated rings. The molecule has 1 aliphatic rings. The summed E-state index contributed by atoms with van der Waals surface area (Å²) in [6.07, 6.45) is 0. The van der Waals surface area contributed by atoms with Gasteiger partial charge in [-0.25, -0.2) is 18.7 Å². The van der Waals surface area contributed by atoms with Gasteiger partial charge >= 0.3 is 0 Å². The van der Waals surface area contributed by atoms with Gasteiger partial charge in [-0.2, -0.15) is 0 Å². The summed E-state index contributed by atoms with van der Waals surface area (Å²) < 4.78 is 40.8. The predicted molar refractivity (Wildman–Crippen MR) is 146 cm³/mol. The third-order valence-corrected chi connectivity index (χ3v) is 6.96. The highest BCUT2D eigenvalue weighted by Gasteiger charge is 2.25. The Bertz CT molecular complexity index is 1360. The maximum atomic E-state index is 15.2. The minimum atomic E-state index is -0.736. The van der Waals surface area contributed by atoms with E-state index in [2.05, 4.69) is 29.8 Å². The number of rotatable bonds is 9. The van der Waals surface area contributed by atoms with Gasteiger partial charge in [-0.15, -0.1) is 0 Å². The molecule has 0 bridgehead atoms. The summed E-state index contributed by atoms with van der Waals surface area (Å²) in [4.78, 5) is 24.7. The summed E-state index contributed by atoms with van der Waals surface area (Å²) in [7, 11) is 1.28. The normalized spacial score (nSPS) is 14.1. The number of aromatic nitrogens is 2. The van der Waals surface area contributed by atoms with Gasteiger partial charge in [0.25, 0.3) is 0 Å². The van der Waals surface area contributed by atoms with Gasteiger partial charge in [0.1, 0.15) is 24.0 Å². The third-order valence-electron chi connectivity index (χ3n) is 6.96. The van der Waals surface area contributed by atoms with E-state index in [4.69, 9.17) is 20.2 Å². The van der Waals surface area contributed by atoms with Gasteiger partial charge < -0.3 is 20.1 Å². The molecule has 0 atom stereocenters. The fraction of sp³-hybridized carbons (Fsp3) is 0.414. The number of anilines is 1. The van der Waals surface area contributed by atoms with Crippen molar-refractivity contribution in [1.29, 1.82) is 0 Å². The van der Waals surface area contributed by atoms with Crippen LogP contribution in [0.15, 0.2) is 30.3 Å². The van der Waals surface area contributed by atoms with Crippen molar-refractivity contribution < 1.29 is 23.0 Å². The quantitative estimate of drug-likeness (QED) is 0.432. The predicted octanol–water partition coefficient (Wildman–Crippen LogP) is 4.36. The molecule has 0 spiro atoms. The van der Waals surface area contributed by atoms with Crippen LogP contribution in [0.1, 0.15) is 42.1 Å². The molecule has 2 aromatic carbocycles. The molecule has 8 nitrogen and oxygen atoms in total. The standard InChI is InChI=1S/C29H35F2N5O3/c1-17(2)20-7-6-18(3)24(12-20)39-16-23-19(4)33-28(22-13-21(30)14-25(38-5)27(22)31)34-29(23)36-10-8-35(9-11-36)15-26(32)37/h6-7,12-14,17H,8-11,15-16H2,1-5H3,(H2,32,37). The molecule has 3 aromatic rings. The van der Waals surface area contributed by atoms with Gasteiger partial charge in [0.15, 0.2) is 17.4 Å². The van der Waals surface area contributed by atoms with Crippen molar-refractivity contribution in [3.8, 4) is 22.9 Å². The number of halogens is 2. The minimum absolute atomic E-state index is 0.0547. The number of aryl methyl sites for hydroxylation is 2. The molecular formula is C29H35F2N5O3. The Morgan fingerprint density at radius 1 is 1.05 bits per heavy atom. The van der Waals surface area contributed by atoms with E-state index in [1.165, 1.54) is 12.7 Å². The number of carbonyl (C=O) groups is 1. The number of hydrogen-bond acceptors (Lipinski definition) is 7. The van der Waals surface area contributed by atoms with Gasteiger partial charge in [-0.1, -0.05) is 26.0 Å². The molecule has 2 heterocycles. The van der Waals surface area contributed by atoms with Gasteiger partial charge in [-0.05, 0) is 43.0 Å². The average molecular weight is 540 g/mol.